The molecule has 0 fully saturated rings. The van der Waals surface area contributed by atoms with Gasteiger partial charge in [0, 0.05) is 23.5 Å². The minimum absolute atomic E-state index is 0.730. The van der Waals surface area contributed by atoms with Crippen LogP contribution in [0, 0.1) is 0 Å². The van der Waals surface area contributed by atoms with Crippen molar-refractivity contribution in [2.45, 2.75) is 18.7 Å². The Hall–Kier alpha value is -0.800. The van der Waals surface area contributed by atoms with Crippen LogP contribution in [0.5, 0.6) is 0 Å². The smallest absolute Gasteiger partial charge is 0.150 e. The summed E-state index contributed by atoms with van der Waals surface area (Å²) in [5.74, 6) is 0. The minimum atomic E-state index is 0.730. The quantitative estimate of drug-likeness (QED) is 0.549. The molecule has 0 saturated heterocycles. The molecule has 0 aliphatic heterocycles. The molecule has 0 unspecified atom stereocenters. The summed E-state index contributed by atoms with van der Waals surface area (Å²) in [5.41, 5.74) is 0.730. The van der Waals surface area contributed by atoms with Crippen molar-refractivity contribution in [3.8, 4) is 0 Å². The normalized spacial score (nSPS) is 10.5. The Morgan fingerprint density at radius 2 is 1.79 bits per heavy atom. The molecule has 1 aromatic carbocycles. The van der Waals surface area contributed by atoms with Crippen molar-refractivity contribution >= 4 is 18.2 Å². The monoisotopic (exact) mass is 209 g/mol. The van der Waals surface area contributed by atoms with Crippen LogP contribution in [0.1, 0.15) is 24.2 Å². The molecule has 0 aliphatic rings. The SMILES string of the molecule is CCN(CC)Sc1ccc(C=O)cc1. The van der Waals surface area contributed by atoms with E-state index in [0.717, 1.165) is 24.9 Å². The summed E-state index contributed by atoms with van der Waals surface area (Å²) in [5, 5.41) is 0. The van der Waals surface area contributed by atoms with Gasteiger partial charge in [-0.15, -0.1) is 0 Å². The Morgan fingerprint density at radius 3 is 2.21 bits per heavy atom. The minimum Gasteiger partial charge on any atom is -0.298 e. The zero-order valence-corrected chi connectivity index (χ0v) is 9.38. The lowest BCUT2D eigenvalue weighted by atomic mass is 10.2. The van der Waals surface area contributed by atoms with Crippen molar-refractivity contribution in [1.82, 2.24) is 4.31 Å². The summed E-state index contributed by atoms with van der Waals surface area (Å²) in [6.45, 7) is 6.32. The van der Waals surface area contributed by atoms with Gasteiger partial charge in [0.1, 0.15) is 6.29 Å². The van der Waals surface area contributed by atoms with E-state index >= 15 is 0 Å². The number of nitrogens with zero attached hydrogens (tertiary/aromatic N) is 1. The summed E-state index contributed by atoms with van der Waals surface area (Å²) in [7, 11) is 0. The fourth-order valence-corrected chi connectivity index (χ4v) is 1.92. The number of rotatable bonds is 5. The number of carbonyl (C=O) groups is 1. The maximum atomic E-state index is 10.4. The van der Waals surface area contributed by atoms with E-state index in [2.05, 4.69) is 18.2 Å². The third-order valence-corrected chi connectivity index (χ3v) is 3.21. The summed E-state index contributed by atoms with van der Waals surface area (Å²) in [4.78, 5) is 11.6. The molecule has 76 valence electrons. The first kappa shape index (κ1) is 11.3. The molecule has 0 radical (unpaired) electrons. The predicted molar refractivity (Wildman–Crippen MR) is 60.6 cm³/mol. The van der Waals surface area contributed by atoms with Crippen LogP contribution in [0.3, 0.4) is 0 Å². The Balaban J connectivity index is 2.63. The van der Waals surface area contributed by atoms with Crippen molar-refractivity contribution in [2.24, 2.45) is 0 Å². The van der Waals surface area contributed by atoms with Crippen LogP contribution < -0.4 is 0 Å². The number of hydrogen-bond donors (Lipinski definition) is 0. The third-order valence-electron chi connectivity index (χ3n) is 1.96. The van der Waals surface area contributed by atoms with E-state index in [1.807, 2.05) is 24.3 Å². The predicted octanol–water partition coefficient (Wildman–Crippen LogP) is 2.85. The Bertz CT molecular complexity index is 280. The van der Waals surface area contributed by atoms with Crippen LogP contribution in [0.4, 0.5) is 0 Å². The van der Waals surface area contributed by atoms with Gasteiger partial charge in [-0.3, -0.25) is 4.79 Å². The maximum Gasteiger partial charge on any atom is 0.150 e. The van der Waals surface area contributed by atoms with Gasteiger partial charge in [-0.05, 0) is 24.1 Å². The number of aldehydes is 1. The molecule has 1 aromatic rings. The standard InChI is InChI=1S/C11H15NOS/c1-3-12(4-2)14-11-7-5-10(9-13)6-8-11/h5-9H,3-4H2,1-2H3. The highest BCUT2D eigenvalue weighted by Crippen LogP contribution is 2.21. The van der Waals surface area contributed by atoms with Gasteiger partial charge < -0.3 is 0 Å². The molecule has 0 bridgehead atoms. The number of hydrogen-bond acceptors (Lipinski definition) is 3. The van der Waals surface area contributed by atoms with Gasteiger partial charge in [0.15, 0.2) is 0 Å². The van der Waals surface area contributed by atoms with Crippen molar-refractivity contribution < 1.29 is 4.79 Å². The lowest BCUT2D eigenvalue weighted by Gasteiger charge is -2.16. The van der Waals surface area contributed by atoms with E-state index in [0.29, 0.717) is 0 Å². The Labute approximate surface area is 89.4 Å². The van der Waals surface area contributed by atoms with Crippen molar-refractivity contribution in [2.75, 3.05) is 13.1 Å². The zero-order valence-electron chi connectivity index (χ0n) is 8.56. The van der Waals surface area contributed by atoms with E-state index in [1.165, 1.54) is 4.90 Å². The van der Waals surface area contributed by atoms with Gasteiger partial charge in [0.05, 0.1) is 0 Å². The van der Waals surface area contributed by atoms with E-state index in [9.17, 15) is 4.79 Å². The van der Waals surface area contributed by atoms with Crippen LogP contribution in [-0.2, 0) is 0 Å². The highest BCUT2D eigenvalue weighted by molar-refractivity contribution is 7.97. The van der Waals surface area contributed by atoms with Gasteiger partial charge in [0.2, 0.25) is 0 Å². The van der Waals surface area contributed by atoms with Crippen LogP contribution in [0.2, 0.25) is 0 Å². The van der Waals surface area contributed by atoms with E-state index in [-0.39, 0.29) is 0 Å². The van der Waals surface area contributed by atoms with E-state index < -0.39 is 0 Å². The Kier molecular flexibility index (Phi) is 4.70. The molecule has 3 heteroatoms. The molecule has 0 aromatic heterocycles. The first-order valence-corrected chi connectivity index (χ1v) is 5.55. The van der Waals surface area contributed by atoms with Gasteiger partial charge in [-0.1, -0.05) is 26.0 Å². The molecule has 14 heavy (non-hydrogen) atoms. The second-order valence-corrected chi connectivity index (χ2v) is 4.06. The molecule has 0 saturated carbocycles. The highest BCUT2D eigenvalue weighted by atomic mass is 32.2. The topological polar surface area (TPSA) is 20.3 Å². The number of benzene rings is 1. The van der Waals surface area contributed by atoms with Crippen LogP contribution in [0.25, 0.3) is 0 Å². The largest absolute Gasteiger partial charge is 0.298 e. The van der Waals surface area contributed by atoms with Crippen molar-refractivity contribution in [3.05, 3.63) is 29.8 Å². The highest BCUT2D eigenvalue weighted by Gasteiger charge is 2.01. The second kappa shape index (κ2) is 5.83. The zero-order chi connectivity index (χ0) is 10.4. The van der Waals surface area contributed by atoms with Crippen LogP contribution in [0.15, 0.2) is 29.2 Å². The van der Waals surface area contributed by atoms with Crippen LogP contribution in [-0.4, -0.2) is 23.7 Å². The van der Waals surface area contributed by atoms with E-state index in [1.54, 1.807) is 11.9 Å². The molecular formula is C11H15NOS. The fraction of sp³-hybridized carbons (Fsp3) is 0.364. The molecule has 0 heterocycles. The van der Waals surface area contributed by atoms with Crippen molar-refractivity contribution in [3.63, 3.8) is 0 Å². The molecule has 2 nitrogen and oxygen atoms in total. The first-order valence-electron chi connectivity index (χ1n) is 4.78. The molecule has 0 aliphatic carbocycles. The van der Waals surface area contributed by atoms with Gasteiger partial charge in [0.25, 0.3) is 0 Å². The van der Waals surface area contributed by atoms with Gasteiger partial charge in [-0.2, -0.15) is 0 Å². The molecule has 0 amide bonds. The first-order chi connectivity index (χ1) is 6.80. The van der Waals surface area contributed by atoms with Gasteiger partial charge in [-0.25, -0.2) is 4.31 Å². The van der Waals surface area contributed by atoms with Crippen LogP contribution >= 0.6 is 11.9 Å². The molecule has 0 spiro atoms. The lowest BCUT2D eigenvalue weighted by molar-refractivity contribution is 0.112. The van der Waals surface area contributed by atoms with Crippen molar-refractivity contribution in [1.29, 1.82) is 0 Å². The van der Waals surface area contributed by atoms with E-state index in [4.69, 9.17) is 0 Å². The third kappa shape index (κ3) is 3.16. The molecule has 0 atom stereocenters. The average Bonchev–Trinajstić information content (AvgIpc) is 2.26. The van der Waals surface area contributed by atoms with Gasteiger partial charge >= 0.3 is 0 Å². The maximum absolute atomic E-state index is 10.4. The Morgan fingerprint density at radius 1 is 1.21 bits per heavy atom. The molecule has 0 N–H and O–H groups in total. The summed E-state index contributed by atoms with van der Waals surface area (Å²) < 4.78 is 2.26. The summed E-state index contributed by atoms with van der Waals surface area (Å²) in [6.07, 6.45) is 0.867. The molecule has 1 rings (SSSR count). The fourth-order valence-electron chi connectivity index (χ4n) is 1.11. The summed E-state index contributed by atoms with van der Waals surface area (Å²) >= 11 is 1.73. The summed E-state index contributed by atoms with van der Waals surface area (Å²) in [6, 6.07) is 7.65. The lowest BCUT2D eigenvalue weighted by Crippen LogP contribution is -2.13. The second-order valence-electron chi connectivity index (χ2n) is 2.89. The molecular weight excluding hydrogens is 194 g/mol. The average molecular weight is 209 g/mol. The number of carbonyl (C=O) groups excluding carboxylic acids is 1.